The normalized spacial score (nSPS) is 14.3. The zero-order valence-corrected chi connectivity index (χ0v) is 12.6. The lowest BCUT2D eigenvalue weighted by Gasteiger charge is -2.36. The standard InChI is InChI=1S/C15H26N2O2/c1-12(2)16-15(3,11-18)10-17(4)13-7-6-8-14(9-13)19-5/h6-9,12,16,18H,10-11H2,1-5H3. The molecule has 108 valence electrons. The molecule has 4 heteroatoms. The van der Waals surface area contributed by atoms with Gasteiger partial charge in [-0.1, -0.05) is 19.9 Å². The van der Waals surface area contributed by atoms with E-state index in [0.717, 1.165) is 18.0 Å². The molecule has 0 heterocycles. The molecule has 0 radical (unpaired) electrons. The van der Waals surface area contributed by atoms with Crippen LogP contribution in [0, 0.1) is 0 Å². The highest BCUT2D eigenvalue weighted by Crippen LogP contribution is 2.21. The van der Waals surface area contributed by atoms with Crippen LogP contribution in [0.4, 0.5) is 5.69 Å². The van der Waals surface area contributed by atoms with Crippen molar-refractivity contribution < 1.29 is 9.84 Å². The fourth-order valence-corrected chi connectivity index (χ4v) is 2.30. The SMILES string of the molecule is COc1cccc(N(C)CC(C)(CO)NC(C)C)c1. The number of hydrogen-bond donors (Lipinski definition) is 2. The number of benzene rings is 1. The van der Waals surface area contributed by atoms with Gasteiger partial charge in [0.2, 0.25) is 0 Å². The predicted molar refractivity (Wildman–Crippen MR) is 80.0 cm³/mol. The second-order valence-corrected chi connectivity index (χ2v) is 5.58. The summed E-state index contributed by atoms with van der Waals surface area (Å²) in [5.41, 5.74) is 0.746. The van der Waals surface area contributed by atoms with Crippen molar-refractivity contribution in [3.8, 4) is 5.75 Å². The summed E-state index contributed by atoms with van der Waals surface area (Å²) in [4.78, 5) is 2.12. The zero-order valence-electron chi connectivity index (χ0n) is 12.6. The molecule has 1 rings (SSSR count). The fraction of sp³-hybridized carbons (Fsp3) is 0.600. The van der Waals surface area contributed by atoms with Gasteiger partial charge in [-0.25, -0.2) is 0 Å². The molecule has 0 saturated carbocycles. The first-order valence-electron chi connectivity index (χ1n) is 6.64. The van der Waals surface area contributed by atoms with Crippen LogP contribution in [0.1, 0.15) is 20.8 Å². The van der Waals surface area contributed by atoms with Gasteiger partial charge < -0.3 is 20.1 Å². The van der Waals surface area contributed by atoms with Gasteiger partial charge in [-0.2, -0.15) is 0 Å². The van der Waals surface area contributed by atoms with Crippen molar-refractivity contribution in [3.63, 3.8) is 0 Å². The van der Waals surface area contributed by atoms with Crippen LogP contribution < -0.4 is 15.0 Å². The van der Waals surface area contributed by atoms with E-state index in [2.05, 4.69) is 24.1 Å². The van der Waals surface area contributed by atoms with E-state index in [4.69, 9.17) is 4.74 Å². The molecule has 19 heavy (non-hydrogen) atoms. The van der Waals surface area contributed by atoms with Crippen molar-refractivity contribution in [2.24, 2.45) is 0 Å². The highest BCUT2D eigenvalue weighted by Gasteiger charge is 2.25. The van der Waals surface area contributed by atoms with Crippen molar-refractivity contribution in [2.45, 2.75) is 32.4 Å². The van der Waals surface area contributed by atoms with Gasteiger partial charge in [-0.05, 0) is 19.1 Å². The maximum Gasteiger partial charge on any atom is 0.120 e. The van der Waals surface area contributed by atoms with Crippen LogP contribution in [-0.2, 0) is 0 Å². The molecule has 0 saturated heterocycles. The van der Waals surface area contributed by atoms with Crippen LogP contribution in [0.5, 0.6) is 5.75 Å². The molecule has 0 spiro atoms. The van der Waals surface area contributed by atoms with Crippen LogP contribution in [0.2, 0.25) is 0 Å². The summed E-state index contributed by atoms with van der Waals surface area (Å²) in [7, 11) is 3.68. The summed E-state index contributed by atoms with van der Waals surface area (Å²) < 4.78 is 5.23. The van der Waals surface area contributed by atoms with Gasteiger partial charge in [0, 0.05) is 31.4 Å². The third-order valence-electron chi connectivity index (χ3n) is 3.07. The molecule has 0 amide bonds. The maximum absolute atomic E-state index is 9.62. The molecule has 0 bridgehead atoms. The topological polar surface area (TPSA) is 44.7 Å². The summed E-state index contributed by atoms with van der Waals surface area (Å²) in [5.74, 6) is 0.840. The lowest BCUT2D eigenvalue weighted by molar-refractivity contribution is 0.170. The molecule has 1 atom stereocenters. The third kappa shape index (κ3) is 4.73. The molecule has 0 fully saturated rings. The van der Waals surface area contributed by atoms with Crippen LogP contribution >= 0.6 is 0 Å². The molecule has 0 aliphatic carbocycles. The summed E-state index contributed by atoms with van der Waals surface area (Å²) in [6.07, 6.45) is 0. The van der Waals surface area contributed by atoms with E-state index in [-0.39, 0.29) is 12.1 Å². The Morgan fingerprint density at radius 2 is 2.11 bits per heavy atom. The first-order valence-corrected chi connectivity index (χ1v) is 6.64. The largest absolute Gasteiger partial charge is 0.497 e. The number of ether oxygens (including phenoxy) is 1. The Morgan fingerprint density at radius 3 is 2.63 bits per heavy atom. The number of aliphatic hydroxyl groups is 1. The predicted octanol–water partition coefficient (Wildman–Crippen LogP) is 1.88. The number of nitrogens with zero attached hydrogens (tertiary/aromatic N) is 1. The summed E-state index contributed by atoms with van der Waals surface area (Å²) in [5, 5.41) is 13.0. The monoisotopic (exact) mass is 266 g/mol. The molecule has 0 aliphatic heterocycles. The van der Waals surface area contributed by atoms with E-state index < -0.39 is 0 Å². The molecule has 0 aromatic heterocycles. The van der Waals surface area contributed by atoms with E-state index in [1.165, 1.54) is 0 Å². The van der Waals surface area contributed by atoms with Crippen molar-refractivity contribution in [2.75, 3.05) is 32.2 Å². The summed E-state index contributed by atoms with van der Waals surface area (Å²) >= 11 is 0. The number of aliphatic hydroxyl groups excluding tert-OH is 1. The molecular formula is C15H26N2O2. The van der Waals surface area contributed by atoms with Crippen LogP contribution in [0.25, 0.3) is 0 Å². The van der Waals surface area contributed by atoms with Gasteiger partial charge in [0.25, 0.3) is 0 Å². The first-order chi connectivity index (χ1) is 8.90. The lowest BCUT2D eigenvalue weighted by Crippen LogP contribution is -2.55. The number of anilines is 1. The Kier molecular flexibility index (Phi) is 5.63. The highest BCUT2D eigenvalue weighted by molar-refractivity contribution is 5.50. The van der Waals surface area contributed by atoms with Crippen molar-refractivity contribution in [3.05, 3.63) is 24.3 Å². The van der Waals surface area contributed by atoms with Crippen molar-refractivity contribution in [1.82, 2.24) is 5.32 Å². The second-order valence-electron chi connectivity index (χ2n) is 5.58. The number of methoxy groups -OCH3 is 1. The van der Waals surface area contributed by atoms with Crippen molar-refractivity contribution >= 4 is 5.69 Å². The minimum Gasteiger partial charge on any atom is -0.497 e. The Labute approximate surface area is 116 Å². The number of hydrogen-bond acceptors (Lipinski definition) is 4. The highest BCUT2D eigenvalue weighted by atomic mass is 16.5. The number of nitrogens with one attached hydrogen (secondary N) is 1. The smallest absolute Gasteiger partial charge is 0.120 e. The van der Waals surface area contributed by atoms with E-state index in [1.54, 1.807) is 7.11 Å². The van der Waals surface area contributed by atoms with Crippen LogP contribution in [0.3, 0.4) is 0 Å². The minimum absolute atomic E-state index is 0.0967. The Hall–Kier alpha value is -1.26. The number of rotatable bonds is 7. The molecular weight excluding hydrogens is 240 g/mol. The average Bonchev–Trinajstić information content (AvgIpc) is 2.37. The quantitative estimate of drug-likeness (QED) is 0.791. The van der Waals surface area contributed by atoms with Gasteiger partial charge in [0.05, 0.1) is 19.3 Å². The molecule has 1 aromatic rings. The molecule has 2 N–H and O–H groups in total. The second kappa shape index (κ2) is 6.78. The summed E-state index contributed by atoms with van der Waals surface area (Å²) in [6.45, 7) is 7.01. The van der Waals surface area contributed by atoms with E-state index >= 15 is 0 Å². The Bertz CT molecular complexity index is 395. The third-order valence-corrected chi connectivity index (χ3v) is 3.07. The van der Waals surface area contributed by atoms with Crippen LogP contribution in [-0.4, -0.2) is 44.0 Å². The number of likely N-dealkylation sites (N-methyl/N-ethyl adjacent to an activating group) is 1. The van der Waals surface area contributed by atoms with E-state index in [1.807, 2.05) is 38.2 Å². The Balaban J connectivity index is 2.78. The molecule has 1 aromatic carbocycles. The van der Waals surface area contributed by atoms with Crippen molar-refractivity contribution in [1.29, 1.82) is 0 Å². The minimum atomic E-state index is -0.327. The summed E-state index contributed by atoms with van der Waals surface area (Å²) in [6, 6.07) is 8.25. The Morgan fingerprint density at radius 1 is 1.42 bits per heavy atom. The van der Waals surface area contributed by atoms with Crippen LogP contribution in [0.15, 0.2) is 24.3 Å². The van der Waals surface area contributed by atoms with E-state index in [9.17, 15) is 5.11 Å². The maximum atomic E-state index is 9.62. The molecule has 0 aliphatic rings. The van der Waals surface area contributed by atoms with E-state index in [0.29, 0.717) is 6.04 Å². The van der Waals surface area contributed by atoms with Gasteiger partial charge in [0.1, 0.15) is 5.75 Å². The first kappa shape index (κ1) is 15.8. The molecule has 4 nitrogen and oxygen atoms in total. The van der Waals surface area contributed by atoms with Gasteiger partial charge >= 0.3 is 0 Å². The molecule has 1 unspecified atom stereocenters. The fourth-order valence-electron chi connectivity index (χ4n) is 2.30. The average molecular weight is 266 g/mol. The van der Waals surface area contributed by atoms with Gasteiger partial charge in [0.15, 0.2) is 0 Å². The van der Waals surface area contributed by atoms with Gasteiger partial charge in [-0.3, -0.25) is 0 Å². The lowest BCUT2D eigenvalue weighted by atomic mass is 10.0. The van der Waals surface area contributed by atoms with Gasteiger partial charge in [-0.15, -0.1) is 0 Å². The zero-order chi connectivity index (χ0) is 14.5.